The fourth-order valence-electron chi connectivity index (χ4n) is 2.74. The highest BCUT2D eigenvalue weighted by molar-refractivity contribution is 9.10. The fraction of sp³-hybridized carbons (Fsp3) is 0.150. The third-order valence-corrected chi connectivity index (χ3v) is 4.82. The van der Waals surface area contributed by atoms with E-state index < -0.39 is 17.8 Å². The van der Waals surface area contributed by atoms with E-state index >= 15 is 0 Å². The van der Waals surface area contributed by atoms with Gasteiger partial charge in [0.15, 0.2) is 0 Å². The molecule has 8 heteroatoms. The number of methoxy groups -OCH3 is 2. The van der Waals surface area contributed by atoms with Crippen molar-refractivity contribution < 1.29 is 23.9 Å². The van der Waals surface area contributed by atoms with Crippen LogP contribution in [0.15, 0.2) is 46.4 Å². The number of imide groups is 2. The molecule has 2 aromatic carbocycles. The zero-order valence-corrected chi connectivity index (χ0v) is 17.0. The Labute approximate surface area is 170 Å². The highest BCUT2D eigenvalue weighted by atomic mass is 79.9. The number of hydrogen-bond donors (Lipinski definition) is 1. The molecule has 0 spiro atoms. The zero-order chi connectivity index (χ0) is 20.4. The molecular weight excluding hydrogens is 428 g/mol. The molecule has 1 saturated heterocycles. The van der Waals surface area contributed by atoms with Crippen molar-refractivity contribution >= 4 is 45.5 Å². The van der Waals surface area contributed by atoms with Crippen molar-refractivity contribution in [3.63, 3.8) is 0 Å². The molecule has 0 radical (unpaired) electrons. The smallest absolute Gasteiger partial charge is 0.335 e. The average Bonchev–Trinajstić information content (AvgIpc) is 2.66. The van der Waals surface area contributed by atoms with Crippen LogP contribution in [0.1, 0.15) is 11.1 Å². The average molecular weight is 445 g/mol. The summed E-state index contributed by atoms with van der Waals surface area (Å²) in [4.78, 5) is 38.5. The molecule has 0 unspecified atom stereocenters. The summed E-state index contributed by atoms with van der Waals surface area (Å²) >= 11 is 3.37. The number of anilines is 1. The van der Waals surface area contributed by atoms with Gasteiger partial charge in [0.1, 0.15) is 17.1 Å². The number of hydrogen-bond acceptors (Lipinski definition) is 5. The number of ether oxygens (including phenoxy) is 2. The van der Waals surface area contributed by atoms with Crippen LogP contribution in [0.5, 0.6) is 11.5 Å². The van der Waals surface area contributed by atoms with Gasteiger partial charge in [-0.25, -0.2) is 9.69 Å². The predicted octanol–water partition coefficient (Wildman–Crippen LogP) is 3.44. The topological polar surface area (TPSA) is 84.9 Å². The highest BCUT2D eigenvalue weighted by Gasteiger charge is 2.37. The van der Waals surface area contributed by atoms with Crippen molar-refractivity contribution in [2.75, 3.05) is 19.1 Å². The maximum atomic E-state index is 12.9. The number of nitrogens with one attached hydrogen (secondary N) is 1. The molecule has 0 bridgehead atoms. The summed E-state index contributed by atoms with van der Waals surface area (Å²) in [6.45, 7) is 1.89. The number of carbonyl (C=O) groups excluding carboxylic acids is 3. The molecule has 1 aliphatic rings. The van der Waals surface area contributed by atoms with Crippen molar-refractivity contribution in [1.82, 2.24) is 5.32 Å². The lowest BCUT2D eigenvalue weighted by Gasteiger charge is -2.26. The SMILES string of the molecule is COc1cc(OC)c(C=C2C(=O)NC(=O)N(c3ccc(C)cc3)C2=O)cc1Br. The van der Waals surface area contributed by atoms with Crippen molar-refractivity contribution in [2.45, 2.75) is 6.92 Å². The maximum Gasteiger partial charge on any atom is 0.335 e. The Morgan fingerprint density at radius 3 is 2.25 bits per heavy atom. The van der Waals surface area contributed by atoms with Crippen LogP contribution in [0.4, 0.5) is 10.5 Å². The third kappa shape index (κ3) is 3.63. The number of barbiturate groups is 1. The lowest BCUT2D eigenvalue weighted by Crippen LogP contribution is -2.54. The van der Waals surface area contributed by atoms with E-state index in [0.29, 0.717) is 27.2 Å². The van der Waals surface area contributed by atoms with E-state index in [1.165, 1.54) is 20.3 Å². The molecule has 0 aromatic heterocycles. The number of halogens is 1. The lowest BCUT2D eigenvalue weighted by atomic mass is 10.1. The van der Waals surface area contributed by atoms with E-state index in [1.54, 1.807) is 36.4 Å². The molecule has 2 aromatic rings. The summed E-state index contributed by atoms with van der Waals surface area (Å²) in [5.74, 6) is -0.541. The van der Waals surface area contributed by atoms with Crippen LogP contribution in [0.3, 0.4) is 0 Å². The van der Waals surface area contributed by atoms with Crippen LogP contribution in [-0.2, 0) is 9.59 Å². The van der Waals surface area contributed by atoms with Crippen molar-refractivity contribution in [2.24, 2.45) is 0 Å². The molecule has 0 aliphatic carbocycles. The molecule has 144 valence electrons. The molecule has 3 rings (SSSR count). The minimum Gasteiger partial charge on any atom is -0.496 e. The van der Waals surface area contributed by atoms with Crippen LogP contribution in [0, 0.1) is 6.92 Å². The summed E-state index contributed by atoms with van der Waals surface area (Å²) in [5, 5.41) is 2.20. The van der Waals surface area contributed by atoms with E-state index in [-0.39, 0.29) is 5.57 Å². The van der Waals surface area contributed by atoms with Crippen LogP contribution < -0.4 is 19.7 Å². The van der Waals surface area contributed by atoms with E-state index in [4.69, 9.17) is 9.47 Å². The molecule has 4 amide bonds. The van der Waals surface area contributed by atoms with Gasteiger partial charge in [-0.2, -0.15) is 0 Å². The van der Waals surface area contributed by atoms with Gasteiger partial charge in [-0.3, -0.25) is 14.9 Å². The third-order valence-electron chi connectivity index (χ3n) is 4.20. The number of amides is 4. The first-order valence-electron chi connectivity index (χ1n) is 8.25. The number of benzene rings is 2. The molecule has 1 heterocycles. The Kier molecular flexibility index (Phi) is 5.51. The fourth-order valence-corrected chi connectivity index (χ4v) is 3.26. The molecule has 28 heavy (non-hydrogen) atoms. The van der Waals surface area contributed by atoms with Crippen molar-refractivity contribution in [3.8, 4) is 11.5 Å². The van der Waals surface area contributed by atoms with Crippen LogP contribution in [0.25, 0.3) is 6.08 Å². The standard InChI is InChI=1S/C20H17BrN2O5/c1-11-4-6-13(7-5-11)23-19(25)14(18(24)22-20(23)26)8-12-9-15(21)17(28-3)10-16(12)27-2/h4-10H,1-3H3,(H,22,24,26). The van der Waals surface area contributed by atoms with E-state index in [9.17, 15) is 14.4 Å². The molecule has 0 saturated carbocycles. The normalized spacial score (nSPS) is 15.6. The molecule has 1 fully saturated rings. The first-order chi connectivity index (χ1) is 13.3. The summed E-state index contributed by atoms with van der Waals surface area (Å²) in [6, 6.07) is 9.34. The van der Waals surface area contributed by atoms with E-state index in [2.05, 4.69) is 21.2 Å². The van der Waals surface area contributed by atoms with Gasteiger partial charge < -0.3 is 9.47 Å². The minimum atomic E-state index is -0.793. The monoisotopic (exact) mass is 444 g/mol. The lowest BCUT2D eigenvalue weighted by molar-refractivity contribution is -0.122. The number of urea groups is 1. The van der Waals surface area contributed by atoms with Crippen molar-refractivity contribution in [1.29, 1.82) is 0 Å². The van der Waals surface area contributed by atoms with Gasteiger partial charge in [-0.05, 0) is 47.1 Å². The van der Waals surface area contributed by atoms with Gasteiger partial charge in [-0.15, -0.1) is 0 Å². The number of aryl methyl sites for hydroxylation is 1. The Hall–Kier alpha value is -3.13. The Bertz CT molecular complexity index is 998. The number of rotatable bonds is 4. The Balaban J connectivity index is 2.07. The molecule has 1 aliphatic heterocycles. The first kappa shape index (κ1) is 19.6. The van der Waals surface area contributed by atoms with Gasteiger partial charge in [0.25, 0.3) is 11.8 Å². The van der Waals surface area contributed by atoms with Gasteiger partial charge in [0, 0.05) is 11.6 Å². The summed E-state index contributed by atoms with van der Waals surface area (Å²) < 4.78 is 11.2. The highest BCUT2D eigenvalue weighted by Crippen LogP contribution is 2.34. The van der Waals surface area contributed by atoms with E-state index in [0.717, 1.165) is 10.5 Å². The Morgan fingerprint density at radius 2 is 1.64 bits per heavy atom. The molecule has 1 N–H and O–H groups in total. The predicted molar refractivity (Wildman–Crippen MR) is 107 cm³/mol. The largest absolute Gasteiger partial charge is 0.496 e. The summed E-state index contributed by atoms with van der Waals surface area (Å²) in [6.07, 6.45) is 1.38. The Morgan fingerprint density at radius 1 is 1.00 bits per heavy atom. The quantitative estimate of drug-likeness (QED) is 0.576. The molecule has 7 nitrogen and oxygen atoms in total. The van der Waals surface area contributed by atoms with E-state index in [1.807, 2.05) is 6.92 Å². The van der Waals surface area contributed by atoms with Crippen LogP contribution in [0.2, 0.25) is 0 Å². The van der Waals surface area contributed by atoms with Crippen LogP contribution >= 0.6 is 15.9 Å². The molecular formula is C20H17BrN2O5. The van der Waals surface area contributed by atoms with Gasteiger partial charge in [0.2, 0.25) is 0 Å². The second-order valence-corrected chi connectivity index (χ2v) is 6.88. The van der Waals surface area contributed by atoms with Crippen LogP contribution in [-0.4, -0.2) is 32.1 Å². The minimum absolute atomic E-state index is 0.185. The van der Waals surface area contributed by atoms with Gasteiger partial charge >= 0.3 is 6.03 Å². The second kappa shape index (κ2) is 7.85. The number of nitrogens with zero attached hydrogens (tertiary/aromatic N) is 1. The summed E-state index contributed by atoms with van der Waals surface area (Å²) in [5.41, 5.74) is 1.64. The van der Waals surface area contributed by atoms with Gasteiger partial charge in [-0.1, -0.05) is 17.7 Å². The number of carbonyl (C=O) groups is 3. The summed E-state index contributed by atoms with van der Waals surface area (Å²) in [7, 11) is 2.98. The zero-order valence-electron chi connectivity index (χ0n) is 15.4. The second-order valence-electron chi connectivity index (χ2n) is 6.02. The first-order valence-corrected chi connectivity index (χ1v) is 9.04. The van der Waals surface area contributed by atoms with Gasteiger partial charge in [0.05, 0.1) is 24.4 Å². The van der Waals surface area contributed by atoms with Crippen molar-refractivity contribution in [3.05, 3.63) is 57.6 Å². The molecule has 0 atom stereocenters. The maximum absolute atomic E-state index is 12.9.